The van der Waals surface area contributed by atoms with E-state index in [1.165, 1.54) is 0 Å². The highest BCUT2D eigenvalue weighted by Crippen LogP contribution is 2.18. The molecule has 0 radical (unpaired) electrons. The number of anilines is 1. The third-order valence-corrected chi connectivity index (χ3v) is 2.82. The Morgan fingerprint density at radius 1 is 0.792 bits per heavy atom. The highest BCUT2D eigenvalue weighted by molar-refractivity contribution is 5.93. The van der Waals surface area contributed by atoms with Gasteiger partial charge in [0.1, 0.15) is 24.7 Å². The summed E-state index contributed by atoms with van der Waals surface area (Å²) < 4.78 is 11.1. The fourth-order valence-corrected chi connectivity index (χ4v) is 1.79. The maximum atomic E-state index is 5.61. The van der Waals surface area contributed by atoms with Crippen molar-refractivity contribution >= 4 is 23.3 Å². The first-order valence-corrected chi connectivity index (χ1v) is 7.18. The number of nitrogens with zero attached hydrogens (tertiary/aromatic N) is 2. The molecular weight excluding hydrogens is 308 g/mol. The molecule has 0 fully saturated rings. The first kappa shape index (κ1) is 16.9. The Kier molecular flexibility index (Phi) is 5.84. The van der Waals surface area contributed by atoms with Crippen LogP contribution in [-0.2, 0) is 0 Å². The molecule has 0 bridgehead atoms. The van der Waals surface area contributed by atoms with Crippen LogP contribution in [0.2, 0.25) is 0 Å². The molecule has 0 aliphatic heterocycles. The van der Waals surface area contributed by atoms with Crippen LogP contribution < -0.4 is 32.4 Å². The van der Waals surface area contributed by atoms with Crippen molar-refractivity contribution in [3.8, 4) is 11.5 Å². The van der Waals surface area contributed by atoms with Gasteiger partial charge in [0.15, 0.2) is 5.96 Å². The van der Waals surface area contributed by atoms with Gasteiger partial charge in [-0.25, -0.2) is 4.99 Å². The van der Waals surface area contributed by atoms with Crippen molar-refractivity contribution in [2.45, 2.75) is 0 Å². The van der Waals surface area contributed by atoms with E-state index < -0.39 is 0 Å². The van der Waals surface area contributed by atoms with Crippen molar-refractivity contribution in [1.82, 2.24) is 0 Å². The van der Waals surface area contributed by atoms with E-state index in [9.17, 15) is 0 Å². The second kappa shape index (κ2) is 8.28. The van der Waals surface area contributed by atoms with Crippen molar-refractivity contribution in [1.29, 1.82) is 0 Å². The normalized spacial score (nSPS) is 10.9. The second-order valence-corrected chi connectivity index (χ2v) is 4.77. The zero-order valence-corrected chi connectivity index (χ0v) is 13.1. The summed E-state index contributed by atoms with van der Waals surface area (Å²) in [6.45, 7) is 0.824. The Morgan fingerprint density at radius 3 is 1.79 bits per heavy atom. The van der Waals surface area contributed by atoms with Gasteiger partial charge in [-0.3, -0.25) is 0 Å². The third kappa shape index (κ3) is 5.76. The largest absolute Gasteiger partial charge is 0.490 e. The smallest absolute Gasteiger partial charge is 0.223 e. The van der Waals surface area contributed by atoms with Crippen molar-refractivity contribution < 1.29 is 9.47 Å². The molecule has 8 heteroatoms. The zero-order chi connectivity index (χ0) is 17.4. The molecule has 0 saturated carbocycles. The Bertz CT molecular complexity index is 706. The summed E-state index contributed by atoms with van der Waals surface area (Å²) in [7, 11) is 0. The van der Waals surface area contributed by atoms with E-state index in [1.807, 2.05) is 12.1 Å². The number of ether oxygens (including phenoxy) is 2. The Labute approximate surface area is 139 Å². The summed E-state index contributed by atoms with van der Waals surface area (Å²) in [6, 6.07) is 14.2. The number of guanidine groups is 2. The molecule has 24 heavy (non-hydrogen) atoms. The number of benzene rings is 2. The van der Waals surface area contributed by atoms with Crippen molar-refractivity contribution in [2.24, 2.45) is 27.2 Å². The van der Waals surface area contributed by atoms with Gasteiger partial charge >= 0.3 is 0 Å². The van der Waals surface area contributed by atoms with Gasteiger partial charge in [0.25, 0.3) is 0 Å². The second-order valence-electron chi connectivity index (χ2n) is 4.77. The zero-order valence-electron chi connectivity index (χ0n) is 13.1. The van der Waals surface area contributed by atoms with Gasteiger partial charge in [-0.1, -0.05) is 0 Å². The summed E-state index contributed by atoms with van der Waals surface area (Å²) in [5.41, 5.74) is 22.9. The van der Waals surface area contributed by atoms with E-state index in [4.69, 9.17) is 32.4 Å². The lowest BCUT2D eigenvalue weighted by atomic mass is 10.3. The Morgan fingerprint density at radius 2 is 1.29 bits per heavy atom. The summed E-state index contributed by atoms with van der Waals surface area (Å²) in [5, 5.41) is 0. The predicted octanol–water partition coefficient (Wildman–Crippen LogP) is 0.946. The van der Waals surface area contributed by atoms with E-state index in [0.29, 0.717) is 30.3 Å². The molecule has 8 N–H and O–H groups in total. The molecule has 2 aromatic rings. The molecule has 0 atom stereocenters. The maximum absolute atomic E-state index is 5.61. The van der Waals surface area contributed by atoms with Crippen LogP contribution in [0.3, 0.4) is 0 Å². The van der Waals surface area contributed by atoms with Gasteiger partial charge in [0, 0.05) is 5.69 Å². The average Bonchev–Trinajstić information content (AvgIpc) is 2.54. The maximum Gasteiger partial charge on any atom is 0.223 e. The van der Waals surface area contributed by atoms with E-state index >= 15 is 0 Å². The summed E-state index contributed by atoms with van der Waals surface area (Å²) in [4.78, 5) is 7.67. The SMILES string of the molecule is NC(N)=NC(N)=Nc1ccc(OCCOc2ccc(N)cc2)cc1. The van der Waals surface area contributed by atoms with Gasteiger partial charge in [0.05, 0.1) is 5.69 Å². The van der Waals surface area contributed by atoms with Crippen LogP contribution in [0.1, 0.15) is 0 Å². The highest BCUT2D eigenvalue weighted by Gasteiger charge is 1.98. The molecule has 0 aliphatic carbocycles. The molecule has 0 aromatic heterocycles. The van der Waals surface area contributed by atoms with Crippen LogP contribution in [0.4, 0.5) is 11.4 Å². The Balaban J connectivity index is 1.79. The van der Waals surface area contributed by atoms with Crippen LogP contribution in [-0.4, -0.2) is 25.1 Å². The molecule has 0 saturated heterocycles. The lowest BCUT2D eigenvalue weighted by molar-refractivity contribution is 0.217. The van der Waals surface area contributed by atoms with Crippen LogP contribution >= 0.6 is 0 Å². The minimum atomic E-state index is -0.141. The fraction of sp³-hybridized carbons (Fsp3) is 0.125. The van der Waals surface area contributed by atoms with Crippen molar-refractivity contribution in [3.63, 3.8) is 0 Å². The van der Waals surface area contributed by atoms with Gasteiger partial charge in [-0.05, 0) is 48.5 Å². The number of nitrogens with two attached hydrogens (primary N) is 4. The number of rotatable bonds is 6. The third-order valence-electron chi connectivity index (χ3n) is 2.82. The standard InChI is InChI=1S/C16H20N6O2/c17-11-1-5-13(6-2-11)23-9-10-24-14-7-3-12(4-8-14)21-16(20)22-15(18)19/h1-8H,9-10,17H2,(H6,18,19,20,21,22). The monoisotopic (exact) mass is 328 g/mol. The molecule has 2 aromatic carbocycles. The summed E-state index contributed by atoms with van der Waals surface area (Å²) >= 11 is 0. The summed E-state index contributed by atoms with van der Waals surface area (Å²) in [5.74, 6) is 1.28. The number of aliphatic imine (C=N–C) groups is 2. The van der Waals surface area contributed by atoms with Crippen molar-refractivity contribution in [2.75, 3.05) is 18.9 Å². The predicted molar refractivity (Wildman–Crippen MR) is 95.4 cm³/mol. The highest BCUT2D eigenvalue weighted by atomic mass is 16.5. The fourth-order valence-electron chi connectivity index (χ4n) is 1.79. The molecule has 126 valence electrons. The average molecular weight is 328 g/mol. The van der Waals surface area contributed by atoms with E-state index in [2.05, 4.69) is 9.98 Å². The van der Waals surface area contributed by atoms with Crippen LogP contribution in [0, 0.1) is 0 Å². The number of hydrogen-bond donors (Lipinski definition) is 4. The van der Waals surface area contributed by atoms with E-state index in [0.717, 1.165) is 5.75 Å². The molecule has 8 nitrogen and oxygen atoms in total. The molecule has 0 aliphatic rings. The number of hydrogen-bond acceptors (Lipinski definition) is 4. The quantitative estimate of drug-likeness (QED) is 0.268. The first-order chi connectivity index (χ1) is 11.5. The van der Waals surface area contributed by atoms with Crippen LogP contribution in [0.15, 0.2) is 58.5 Å². The minimum absolute atomic E-state index is 0.0134. The minimum Gasteiger partial charge on any atom is -0.490 e. The van der Waals surface area contributed by atoms with Gasteiger partial charge in [-0.15, -0.1) is 0 Å². The lowest BCUT2D eigenvalue weighted by Gasteiger charge is -2.08. The molecule has 0 spiro atoms. The van der Waals surface area contributed by atoms with E-state index in [1.54, 1.807) is 36.4 Å². The van der Waals surface area contributed by atoms with Gasteiger partial charge in [0.2, 0.25) is 5.96 Å². The molecule has 2 rings (SSSR count). The van der Waals surface area contributed by atoms with Crippen molar-refractivity contribution in [3.05, 3.63) is 48.5 Å². The molecule has 0 heterocycles. The molecule has 0 unspecified atom stereocenters. The number of nitrogen functional groups attached to an aromatic ring is 1. The van der Waals surface area contributed by atoms with Crippen LogP contribution in [0.25, 0.3) is 0 Å². The van der Waals surface area contributed by atoms with Gasteiger partial charge in [-0.2, -0.15) is 4.99 Å². The first-order valence-electron chi connectivity index (χ1n) is 7.18. The topological polar surface area (TPSA) is 147 Å². The van der Waals surface area contributed by atoms with Gasteiger partial charge < -0.3 is 32.4 Å². The van der Waals surface area contributed by atoms with Crippen LogP contribution in [0.5, 0.6) is 11.5 Å². The lowest BCUT2D eigenvalue weighted by Crippen LogP contribution is -2.26. The molecular formula is C16H20N6O2. The summed E-state index contributed by atoms with van der Waals surface area (Å²) in [6.07, 6.45) is 0. The van der Waals surface area contributed by atoms with E-state index in [-0.39, 0.29) is 11.9 Å². The molecule has 0 amide bonds. The Hall–Kier alpha value is -3.42.